The summed E-state index contributed by atoms with van der Waals surface area (Å²) in [6.07, 6.45) is 2.09. The summed E-state index contributed by atoms with van der Waals surface area (Å²) in [6.45, 7) is 39.2. The fourth-order valence-electron chi connectivity index (χ4n) is 9.22. The minimum atomic E-state index is -0.149. The van der Waals surface area contributed by atoms with Gasteiger partial charge >= 0.3 is 0 Å². The van der Waals surface area contributed by atoms with Gasteiger partial charge in [-0.2, -0.15) is 11.2 Å². The van der Waals surface area contributed by atoms with Gasteiger partial charge in [-0.1, -0.05) is 146 Å². The molecule has 1 aliphatic heterocycles. The molecule has 0 spiro atoms. The molecule has 0 fully saturated rings. The van der Waals surface area contributed by atoms with E-state index in [0.29, 0.717) is 11.5 Å². The molecule has 62 heavy (non-hydrogen) atoms. The predicted molar refractivity (Wildman–Crippen MR) is 257 cm³/mol. The Morgan fingerprint density at radius 1 is 0.565 bits per heavy atom. The zero-order valence-electron chi connectivity index (χ0n) is 39.7. The Morgan fingerprint density at radius 3 is 1.71 bits per heavy atom. The number of hydrogen-bond acceptors (Lipinski definition) is 4. The zero-order chi connectivity index (χ0) is 44.0. The van der Waals surface area contributed by atoms with Crippen LogP contribution in [0.15, 0.2) is 85.1 Å². The first-order valence-electron chi connectivity index (χ1n) is 22.0. The topological polar surface area (TPSA) is 33.0 Å². The molecule has 0 saturated carbocycles. The van der Waals surface area contributed by atoms with Gasteiger partial charge in [0.2, 0.25) is 0 Å². The fourth-order valence-corrected chi connectivity index (χ4v) is 9.22. The number of anilines is 4. The molecule has 7 aromatic rings. The van der Waals surface area contributed by atoms with Crippen LogP contribution >= 0.6 is 0 Å². The summed E-state index contributed by atoms with van der Waals surface area (Å²) in [4.78, 5) is 4.59. The monoisotopic (exact) mass is 1000 g/mol. The first-order valence-corrected chi connectivity index (χ1v) is 22.0. The molecule has 0 amide bonds. The van der Waals surface area contributed by atoms with Crippen LogP contribution in [0.1, 0.15) is 144 Å². The quantitative estimate of drug-likeness (QED) is 0.130. The summed E-state index contributed by atoms with van der Waals surface area (Å²) in [5, 5.41) is 8.76. The van der Waals surface area contributed by atoms with Crippen LogP contribution in [0.2, 0.25) is 0 Å². The second-order valence-electron chi connectivity index (χ2n) is 22.9. The molecule has 0 unspecified atom stereocenters. The maximum Gasteiger partial charge on any atom is 0.0752 e. The molecule has 326 valence electrons. The van der Waals surface area contributed by atoms with Crippen LogP contribution in [-0.2, 0) is 53.6 Å². The number of ether oxygens (including phenoxy) is 1. The van der Waals surface area contributed by atoms with Crippen LogP contribution in [0.25, 0.3) is 27.2 Å². The minimum Gasteiger partial charge on any atom is -0.509 e. The van der Waals surface area contributed by atoms with Gasteiger partial charge in [-0.3, -0.25) is 4.52 Å². The van der Waals surface area contributed by atoms with E-state index in [1.165, 1.54) is 44.1 Å². The number of nitrogens with zero attached hydrogens (tertiary/aromatic N) is 4. The third-order valence-electron chi connectivity index (χ3n) is 14.1. The average Bonchev–Trinajstić information content (AvgIpc) is 3.79. The van der Waals surface area contributed by atoms with E-state index in [1.807, 2.05) is 0 Å². The molecule has 2 aliphatic rings. The van der Waals surface area contributed by atoms with Crippen molar-refractivity contribution in [1.29, 1.82) is 0 Å². The van der Waals surface area contributed by atoms with Crippen LogP contribution in [0.5, 0.6) is 11.5 Å². The van der Waals surface area contributed by atoms with Gasteiger partial charge in [0.1, 0.15) is 0 Å². The van der Waals surface area contributed by atoms with E-state index in [2.05, 4.69) is 229 Å². The molecule has 0 radical (unpaired) electrons. The fraction of sp³-hybridized carbons (Fsp3) is 0.393. The molecule has 1 aliphatic carbocycles. The normalized spacial score (nSPS) is 16.1. The Hall–Kier alpha value is -4.60. The van der Waals surface area contributed by atoms with Gasteiger partial charge in [-0.25, -0.2) is 0 Å². The Labute approximate surface area is 385 Å². The summed E-state index contributed by atoms with van der Waals surface area (Å²) in [6, 6.07) is 36.7. The van der Waals surface area contributed by atoms with Crippen LogP contribution in [0.4, 0.5) is 22.7 Å². The standard InChI is InChI=1S/C56H63N4O.Pt/c1-51(2,3)34-23-35(52(4,5)6)25-38(24-34)58-33-59(47-20-18-17-19-46(47)58)39-26-36(53(7,8)9)27-41(30-39)61-40-21-22-42-43-28-37(54(10,11)12)29-44-49(43)50-45(56(15,16)55(44,13)14)32-57-60(50)48(42)31-40;/h17-29,32-33H,1-16H3;/q-3;. The van der Waals surface area contributed by atoms with E-state index in [-0.39, 0.29) is 53.6 Å². The largest absolute Gasteiger partial charge is 0.509 e. The molecule has 0 N–H and O–H groups in total. The third kappa shape index (κ3) is 6.97. The molecule has 2 aromatic heterocycles. The number of para-hydroxylation sites is 2. The van der Waals surface area contributed by atoms with E-state index < -0.39 is 0 Å². The third-order valence-corrected chi connectivity index (χ3v) is 14.1. The first kappa shape index (κ1) is 44.0. The van der Waals surface area contributed by atoms with Crippen molar-refractivity contribution in [2.24, 2.45) is 0 Å². The Balaban J connectivity index is 0.00000529. The Bertz CT molecular complexity index is 2890. The van der Waals surface area contributed by atoms with Crippen molar-refractivity contribution in [2.75, 3.05) is 9.80 Å². The van der Waals surface area contributed by atoms with Gasteiger partial charge in [0.15, 0.2) is 0 Å². The molecule has 0 atom stereocenters. The van der Waals surface area contributed by atoms with E-state index in [0.717, 1.165) is 39.2 Å². The molecule has 3 heterocycles. The SMILES string of the molecule is CC(C)(C)c1cc(Oc2[c-]c3c(cc2)c2cc(C(C)(C)C)cc4c2c2c(cnn32)C(C)(C)C4(C)C)[c-]c(N2[CH-]N(c3cc(C(C)(C)C)cc(C(C)(C)C)c3)c3ccccc32)c1.[Pt]. The van der Waals surface area contributed by atoms with E-state index in [9.17, 15) is 0 Å². The summed E-state index contributed by atoms with van der Waals surface area (Å²) in [5.41, 5.74) is 13.7. The molecule has 0 saturated heterocycles. The molecule has 0 bridgehead atoms. The summed E-state index contributed by atoms with van der Waals surface area (Å²) in [7, 11) is 0. The van der Waals surface area contributed by atoms with E-state index in [4.69, 9.17) is 9.84 Å². The number of rotatable bonds is 4. The number of aromatic nitrogens is 2. The summed E-state index contributed by atoms with van der Waals surface area (Å²) >= 11 is 0. The maximum absolute atomic E-state index is 6.88. The summed E-state index contributed by atoms with van der Waals surface area (Å²) < 4.78 is 8.99. The van der Waals surface area contributed by atoms with Gasteiger partial charge in [-0.05, 0) is 84.5 Å². The predicted octanol–water partition coefficient (Wildman–Crippen LogP) is 15.2. The smallest absolute Gasteiger partial charge is 0.0752 e. The maximum atomic E-state index is 6.88. The number of benzene rings is 5. The van der Waals surface area contributed by atoms with E-state index >= 15 is 0 Å². The molecule has 5 nitrogen and oxygen atoms in total. The van der Waals surface area contributed by atoms with Gasteiger partial charge in [0.05, 0.1) is 11.7 Å². The van der Waals surface area contributed by atoms with E-state index in [1.54, 1.807) is 0 Å². The molecule has 5 aromatic carbocycles. The van der Waals surface area contributed by atoms with Crippen molar-refractivity contribution in [2.45, 2.75) is 143 Å². The zero-order valence-corrected chi connectivity index (χ0v) is 41.9. The second-order valence-corrected chi connectivity index (χ2v) is 22.9. The second kappa shape index (κ2) is 14.2. The van der Waals surface area contributed by atoms with Crippen LogP contribution in [0.3, 0.4) is 0 Å². The van der Waals surface area contributed by atoms with Crippen molar-refractivity contribution in [3.63, 3.8) is 0 Å². The van der Waals surface area contributed by atoms with Crippen molar-refractivity contribution >= 4 is 49.9 Å². The minimum absolute atomic E-state index is 0. The van der Waals surface area contributed by atoms with Crippen LogP contribution in [-0.4, -0.2) is 9.61 Å². The molecule has 9 rings (SSSR count). The van der Waals surface area contributed by atoms with Crippen LogP contribution < -0.4 is 14.5 Å². The average molecular weight is 1000 g/mol. The van der Waals surface area contributed by atoms with Crippen molar-refractivity contribution < 1.29 is 25.8 Å². The first-order chi connectivity index (χ1) is 28.2. The van der Waals surface area contributed by atoms with Crippen molar-refractivity contribution in [1.82, 2.24) is 9.61 Å². The van der Waals surface area contributed by atoms with Gasteiger partial charge < -0.3 is 14.5 Å². The van der Waals surface area contributed by atoms with Crippen molar-refractivity contribution in [3.8, 4) is 11.5 Å². The molecular weight excluding hydrogens is 940 g/mol. The Kier molecular flexibility index (Phi) is 10.1. The van der Waals surface area contributed by atoms with Gasteiger partial charge in [0.25, 0.3) is 0 Å². The van der Waals surface area contributed by atoms with Crippen LogP contribution in [0, 0.1) is 18.8 Å². The Morgan fingerprint density at radius 2 is 1.11 bits per heavy atom. The number of pyridine rings is 1. The van der Waals surface area contributed by atoms with Gasteiger partial charge in [0, 0.05) is 60.6 Å². The number of hydrogen-bond donors (Lipinski definition) is 0. The summed E-state index contributed by atoms with van der Waals surface area (Å²) in [5.74, 6) is 1.27. The molecular formula is C56H63N4OPt-3. The molecule has 6 heteroatoms. The number of fused-ring (bicyclic) bond motifs is 4. The van der Waals surface area contributed by atoms with Gasteiger partial charge in [-0.15, -0.1) is 53.6 Å². The van der Waals surface area contributed by atoms with Crippen molar-refractivity contribution in [3.05, 3.63) is 137 Å².